The summed E-state index contributed by atoms with van der Waals surface area (Å²) in [5, 5.41) is 9.44. The maximum atomic E-state index is 4.27. The molecule has 3 aromatic rings. The number of fused-ring (bicyclic) bond motifs is 2. The van der Waals surface area contributed by atoms with E-state index in [4.69, 9.17) is 0 Å². The predicted molar refractivity (Wildman–Crippen MR) is 104 cm³/mol. The van der Waals surface area contributed by atoms with E-state index in [1.165, 1.54) is 11.1 Å². The first-order chi connectivity index (χ1) is 10.9. The summed E-state index contributed by atoms with van der Waals surface area (Å²) < 4.78 is 2.05. The highest BCUT2D eigenvalue weighted by atomic mass is 35.5. The molecular weight excluding hydrogens is 363 g/mol. The van der Waals surface area contributed by atoms with Gasteiger partial charge in [0.25, 0.3) is 0 Å². The van der Waals surface area contributed by atoms with E-state index in [0.29, 0.717) is 0 Å². The van der Waals surface area contributed by atoms with Gasteiger partial charge < -0.3 is 0 Å². The Morgan fingerprint density at radius 3 is 2.62 bits per heavy atom. The SMILES string of the molecule is Cl.Cl.c1ccc2c(c1)CCN(CCSc1nnc3ccccn13)C2. The first-order valence-electron chi connectivity index (χ1n) is 7.62. The lowest BCUT2D eigenvalue weighted by atomic mass is 10.0. The molecule has 2 aromatic heterocycles. The normalized spacial score (nSPS) is 13.8. The van der Waals surface area contributed by atoms with Gasteiger partial charge in [0.2, 0.25) is 0 Å². The lowest BCUT2D eigenvalue weighted by molar-refractivity contribution is 0.270. The third-order valence-electron chi connectivity index (χ3n) is 4.13. The molecular formula is C17H20Cl2N4S. The van der Waals surface area contributed by atoms with E-state index in [2.05, 4.69) is 43.8 Å². The number of thioether (sulfide) groups is 1. The molecule has 0 fully saturated rings. The van der Waals surface area contributed by atoms with E-state index in [-0.39, 0.29) is 24.8 Å². The van der Waals surface area contributed by atoms with Crippen LogP contribution in [-0.4, -0.2) is 38.3 Å². The number of aromatic nitrogens is 3. The van der Waals surface area contributed by atoms with Gasteiger partial charge in [0, 0.05) is 31.6 Å². The predicted octanol–water partition coefficient (Wildman–Crippen LogP) is 3.72. The van der Waals surface area contributed by atoms with Gasteiger partial charge in [-0.05, 0) is 29.7 Å². The number of nitrogens with zero attached hydrogens (tertiary/aromatic N) is 4. The molecule has 1 aliphatic rings. The quantitative estimate of drug-likeness (QED) is 0.643. The molecule has 0 bridgehead atoms. The van der Waals surface area contributed by atoms with Gasteiger partial charge in [-0.3, -0.25) is 9.30 Å². The maximum Gasteiger partial charge on any atom is 0.195 e. The standard InChI is InChI=1S/C17H18N4S.2ClH/c1-2-6-15-13-20(10-8-14(15)5-1)11-12-22-17-19-18-16-7-3-4-9-21(16)17;;/h1-7,9H,8,10-13H2;2*1H. The van der Waals surface area contributed by atoms with E-state index in [9.17, 15) is 0 Å². The fraction of sp³-hybridized carbons (Fsp3) is 0.294. The van der Waals surface area contributed by atoms with Crippen molar-refractivity contribution >= 4 is 42.2 Å². The zero-order valence-electron chi connectivity index (χ0n) is 13.2. The Hall–Kier alpha value is -1.27. The molecule has 0 radical (unpaired) electrons. The Labute approximate surface area is 158 Å². The Kier molecular flexibility index (Phi) is 6.92. The molecule has 0 spiro atoms. The number of hydrogen-bond donors (Lipinski definition) is 0. The summed E-state index contributed by atoms with van der Waals surface area (Å²) in [5.41, 5.74) is 3.90. The van der Waals surface area contributed by atoms with Gasteiger partial charge in [0.1, 0.15) is 0 Å². The van der Waals surface area contributed by atoms with Gasteiger partial charge in [0.15, 0.2) is 10.8 Å². The smallest absolute Gasteiger partial charge is 0.195 e. The minimum absolute atomic E-state index is 0. The zero-order valence-corrected chi connectivity index (χ0v) is 15.6. The Morgan fingerprint density at radius 1 is 0.958 bits per heavy atom. The molecule has 128 valence electrons. The largest absolute Gasteiger partial charge is 0.298 e. The topological polar surface area (TPSA) is 33.4 Å². The molecule has 24 heavy (non-hydrogen) atoms. The molecule has 4 nitrogen and oxygen atoms in total. The maximum absolute atomic E-state index is 4.27. The second kappa shape index (κ2) is 8.72. The van der Waals surface area contributed by atoms with Crippen molar-refractivity contribution in [1.29, 1.82) is 0 Å². The van der Waals surface area contributed by atoms with Gasteiger partial charge in [0.05, 0.1) is 0 Å². The summed E-state index contributed by atoms with van der Waals surface area (Å²) in [6, 6.07) is 14.8. The van der Waals surface area contributed by atoms with Gasteiger partial charge in [-0.25, -0.2) is 0 Å². The first-order valence-corrected chi connectivity index (χ1v) is 8.60. The molecule has 0 saturated carbocycles. The monoisotopic (exact) mass is 382 g/mol. The van der Waals surface area contributed by atoms with Crippen molar-refractivity contribution in [2.24, 2.45) is 0 Å². The molecule has 0 aliphatic carbocycles. The van der Waals surface area contributed by atoms with Gasteiger partial charge in [-0.2, -0.15) is 0 Å². The molecule has 0 N–H and O–H groups in total. The number of benzene rings is 1. The van der Waals surface area contributed by atoms with Crippen LogP contribution in [0.4, 0.5) is 0 Å². The van der Waals surface area contributed by atoms with Crippen LogP contribution in [0.15, 0.2) is 53.8 Å². The van der Waals surface area contributed by atoms with E-state index >= 15 is 0 Å². The van der Waals surface area contributed by atoms with Crippen LogP contribution in [0, 0.1) is 0 Å². The zero-order chi connectivity index (χ0) is 14.8. The van der Waals surface area contributed by atoms with Gasteiger partial charge >= 0.3 is 0 Å². The minimum Gasteiger partial charge on any atom is -0.298 e. The van der Waals surface area contributed by atoms with Crippen LogP contribution in [0.2, 0.25) is 0 Å². The first kappa shape index (κ1) is 19.1. The van der Waals surface area contributed by atoms with Crippen LogP contribution >= 0.6 is 36.6 Å². The molecule has 4 rings (SSSR count). The summed E-state index contributed by atoms with van der Waals surface area (Å²) in [6.07, 6.45) is 3.18. The molecule has 1 aromatic carbocycles. The molecule has 7 heteroatoms. The molecule has 0 saturated heterocycles. The lowest BCUT2D eigenvalue weighted by Crippen LogP contribution is -2.32. The Bertz CT molecular complexity index is 793. The molecule has 0 amide bonds. The highest BCUT2D eigenvalue weighted by molar-refractivity contribution is 7.99. The summed E-state index contributed by atoms with van der Waals surface area (Å²) in [6.45, 7) is 3.30. The lowest BCUT2D eigenvalue weighted by Gasteiger charge is -2.28. The van der Waals surface area contributed by atoms with E-state index in [1.807, 2.05) is 24.4 Å². The van der Waals surface area contributed by atoms with Crippen LogP contribution in [0.5, 0.6) is 0 Å². The van der Waals surface area contributed by atoms with Gasteiger partial charge in [-0.1, -0.05) is 42.1 Å². The van der Waals surface area contributed by atoms with E-state index in [1.54, 1.807) is 11.8 Å². The molecule has 3 heterocycles. The highest BCUT2D eigenvalue weighted by Crippen LogP contribution is 2.20. The summed E-state index contributed by atoms with van der Waals surface area (Å²) >= 11 is 1.78. The average Bonchev–Trinajstić information content (AvgIpc) is 2.98. The van der Waals surface area contributed by atoms with Gasteiger partial charge in [-0.15, -0.1) is 35.0 Å². The van der Waals surface area contributed by atoms with Crippen molar-refractivity contribution in [3.05, 3.63) is 59.8 Å². The van der Waals surface area contributed by atoms with Crippen LogP contribution in [-0.2, 0) is 13.0 Å². The molecule has 1 aliphatic heterocycles. The van der Waals surface area contributed by atoms with Crippen LogP contribution in [0.1, 0.15) is 11.1 Å². The average molecular weight is 383 g/mol. The van der Waals surface area contributed by atoms with Crippen molar-refractivity contribution in [2.45, 2.75) is 18.1 Å². The third-order valence-corrected chi connectivity index (χ3v) is 5.05. The van der Waals surface area contributed by atoms with Crippen LogP contribution in [0.3, 0.4) is 0 Å². The summed E-state index contributed by atoms with van der Waals surface area (Å²) in [5.74, 6) is 1.04. The third kappa shape index (κ3) is 4.03. The fourth-order valence-electron chi connectivity index (χ4n) is 2.93. The van der Waals surface area contributed by atoms with Crippen LogP contribution < -0.4 is 0 Å². The second-order valence-electron chi connectivity index (χ2n) is 5.55. The van der Waals surface area contributed by atoms with E-state index in [0.717, 1.165) is 42.6 Å². The van der Waals surface area contributed by atoms with Crippen LogP contribution in [0.25, 0.3) is 5.65 Å². The van der Waals surface area contributed by atoms with Crippen molar-refractivity contribution in [2.75, 3.05) is 18.8 Å². The van der Waals surface area contributed by atoms with Crippen molar-refractivity contribution in [3.63, 3.8) is 0 Å². The minimum atomic E-state index is 0. The Morgan fingerprint density at radius 2 is 1.75 bits per heavy atom. The van der Waals surface area contributed by atoms with Crippen molar-refractivity contribution in [1.82, 2.24) is 19.5 Å². The Balaban J connectivity index is 0.00000104. The van der Waals surface area contributed by atoms with Crippen molar-refractivity contribution < 1.29 is 0 Å². The second-order valence-corrected chi connectivity index (χ2v) is 6.62. The fourth-order valence-corrected chi connectivity index (χ4v) is 3.85. The number of pyridine rings is 1. The molecule has 0 atom stereocenters. The summed E-state index contributed by atoms with van der Waals surface area (Å²) in [7, 11) is 0. The van der Waals surface area contributed by atoms with Crippen molar-refractivity contribution in [3.8, 4) is 0 Å². The summed E-state index contributed by atoms with van der Waals surface area (Å²) in [4.78, 5) is 2.53. The number of rotatable bonds is 4. The van der Waals surface area contributed by atoms with E-state index < -0.39 is 0 Å². The highest BCUT2D eigenvalue weighted by Gasteiger charge is 2.15. The number of halogens is 2. The number of hydrogen-bond acceptors (Lipinski definition) is 4. The molecule has 0 unspecified atom stereocenters.